The lowest BCUT2D eigenvalue weighted by atomic mass is 10.2. The van der Waals surface area contributed by atoms with Crippen molar-refractivity contribution in [1.82, 2.24) is 9.21 Å². The molecule has 1 fully saturated rings. The third kappa shape index (κ3) is 3.80. The molecule has 1 saturated heterocycles. The monoisotopic (exact) mass is 490 g/mol. The first-order valence-electron chi connectivity index (χ1n) is 9.36. The molecule has 0 bridgehead atoms. The summed E-state index contributed by atoms with van der Waals surface area (Å²) >= 11 is 3.41. The third-order valence-electron chi connectivity index (χ3n) is 5.13. The number of carbonyl (C=O) groups is 2. The molecule has 1 amide bonds. The molecule has 1 aromatic heterocycles. The van der Waals surface area contributed by atoms with E-state index in [1.165, 1.54) is 35.5 Å². The van der Waals surface area contributed by atoms with Gasteiger partial charge in [0.1, 0.15) is 5.58 Å². The number of nitrogens with zero attached hydrogens (tertiary/aromatic N) is 2. The van der Waals surface area contributed by atoms with Crippen LogP contribution in [0.25, 0.3) is 11.0 Å². The number of piperazine rings is 1. The summed E-state index contributed by atoms with van der Waals surface area (Å²) in [4.78, 5) is 25.9. The molecule has 0 radical (unpaired) electrons. The van der Waals surface area contributed by atoms with E-state index in [0.29, 0.717) is 11.1 Å². The lowest BCUT2D eigenvalue weighted by Crippen LogP contribution is -2.50. The Kier molecular flexibility index (Phi) is 5.52. The average Bonchev–Trinajstić information content (AvgIpc) is 3.19. The molecular formula is C21H19BrN2O5S. The lowest BCUT2D eigenvalue weighted by molar-refractivity contribution is 0.0668. The fourth-order valence-electron chi connectivity index (χ4n) is 3.43. The molecule has 3 aromatic rings. The number of hydrogen-bond donors (Lipinski definition) is 0. The molecule has 156 valence electrons. The van der Waals surface area contributed by atoms with Gasteiger partial charge in [-0.3, -0.25) is 9.59 Å². The Morgan fingerprint density at radius 3 is 2.27 bits per heavy atom. The molecule has 0 saturated carbocycles. The highest BCUT2D eigenvalue weighted by molar-refractivity contribution is 9.10. The minimum absolute atomic E-state index is 0.122. The summed E-state index contributed by atoms with van der Waals surface area (Å²) in [7, 11) is -3.69. The molecule has 7 nitrogen and oxygen atoms in total. The largest absolute Gasteiger partial charge is 0.450 e. The molecule has 2 aromatic carbocycles. The quantitative estimate of drug-likeness (QED) is 0.521. The zero-order valence-corrected chi connectivity index (χ0v) is 18.6. The molecule has 1 aliphatic heterocycles. The van der Waals surface area contributed by atoms with Crippen molar-refractivity contribution in [2.45, 2.75) is 11.8 Å². The maximum Gasteiger partial charge on any atom is 0.289 e. The van der Waals surface area contributed by atoms with Gasteiger partial charge in [0.05, 0.1) is 9.37 Å². The van der Waals surface area contributed by atoms with E-state index in [1.54, 1.807) is 11.0 Å². The second-order valence-corrected chi connectivity index (χ2v) is 9.84. The summed E-state index contributed by atoms with van der Waals surface area (Å²) in [5.74, 6) is -0.155. The van der Waals surface area contributed by atoms with Crippen LogP contribution in [0.4, 0.5) is 0 Å². The van der Waals surface area contributed by atoms with Crippen molar-refractivity contribution in [2.75, 3.05) is 26.2 Å². The average molecular weight is 491 g/mol. The summed E-state index contributed by atoms with van der Waals surface area (Å²) in [5.41, 5.74) is 1.07. The van der Waals surface area contributed by atoms with Crippen molar-refractivity contribution in [2.24, 2.45) is 0 Å². The minimum Gasteiger partial charge on any atom is -0.450 e. The summed E-state index contributed by atoms with van der Waals surface area (Å²) in [6.07, 6.45) is 0. The Balaban J connectivity index is 1.46. The van der Waals surface area contributed by atoms with E-state index in [4.69, 9.17) is 4.42 Å². The van der Waals surface area contributed by atoms with Crippen LogP contribution in [0, 0.1) is 0 Å². The van der Waals surface area contributed by atoms with Crippen LogP contribution in [0.5, 0.6) is 0 Å². The fraction of sp³-hybridized carbons (Fsp3) is 0.238. The van der Waals surface area contributed by atoms with E-state index in [0.717, 1.165) is 9.86 Å². The predicted octanol–water partition coefficient (Wildman–Crippen LogP) is 3.54. The maximum absolute atomic E-state index is 12.9. The molecule has 9 heteroatoms. The molecule has 0 atom stereocenters. The number of carbonyl (C=O) groups excluding carboxylic acids is 2. The first-order chi connectivity index (χ1) is 14.3. The fourth-order valence-corrected chi connectivity index (χ4v) is 5.32. The highest BCUT2D eigenvalue weighted by Gasteiger charge is 2.31. The van der Waals surface area contributed by atoms with Crippen LogP contribution in [-0.4, -0.2) is 55.5 Å². The van der Waals surface area contributed by atoms with Crippen molar-refractivity contribution in [3.05, 3.63) is 64.3 Å². The Hall–Kier alpha value is -2.49. The molecule has 1 aliphatic rings. The van der Waals surface area contributed by atoms with Crippen molar-refractivity contribution in [1.29, 1.82) is 0 Å². The highest BCUT2D eigenvalue weighted by Crippen LogP contribution is 2.28. The van der Waals surface area contributed by atoms with Gasteiger partial charge in [-0.15, -0.1) is 0 Å². The van der Waals surface area contributed by atoms with Gasteiger partial charge in [0.15, 0.2) is 11.5 Å². The summed E-state index contributed by atoms with van der Waals surface area (Å²) in [5, 5.41) is 0.822. The number of fused-ring (bicyclic) bond motifs is 1. The number of halogens is 1. The highest BCUT2D eigenvalue weighted by atomic mass is 79.9. The van der Waals surface area contributed by atoms with Crippen LogP contribution in [-0.2, 0) is 10.0 Å². The van der Waals surface area contributed by atoms with E-state index < -0.39 is 10.0 Å². The lowest BCUT2D eigenvalue weighted by Gasteiger charge is -2.33. The summed E-state index contributed by atoms with van der Waals surface area (Å²) < 4.78 is 33.6. The van der Waals surface area contributed by atoms with Crippen molar-refractivity contribution < 1.29 is 22.4 Å². The van der Waals surface area contributed by atoms with E-state index >= 15 is 0 Å². The molecule has 0 unspecified atom stereocenters. The molecule has 0 spiro atoms. The van der Waals surface area contributed by atoms with E-state index in [2.05, 4.69) is 15.9 Å². The van der Waals surface area contributed by atoms with Crippen LogP contribution in [0.2, 0.25) is 0 Å². The van der Waals surface area contributed by atoms with Gasteiger partial charge < -0.3 is 9.32 Å². The second-order valence-electron chi connectivity index (χ2n) is 7.05. The third-order valence-corrected chi connectivity index (χ3v) is 7.67. The van der Waals surface area contributed by atoms with Crippen molar-refractivity contribution >= 4 is 48.6 Å². The van der Waals surface area contributed by atoms with Gasteiger partial charge in [-0.1, -0.05) is 24.3 Å². The van der Waals surface area contributed by atoms with Crippen molar-refractivity contribution in [3.63, 3.8) is 0 Å². The van der Waals surface area contributed by atoms with Crippen LogP contribution in [0.15, 0.2) is 62.3 Å². The number of ketones is 1. The van der Waals surface area contributed by atoms with Gasteiger partial charge >= 0.3 is 0 Å². The SMILES string of the molecule is CC(=O)c1ccc(S(=O)(=O)N2CCN(C(=O)c3cc4cccc(Br)c4o3)CC2)cc1. The van der Waals surface area contributed by atoms with Gasteiger partial charge in [-0.05, 0) is 47.1 Å². The Morgan fingerprint density at radius 1 is 1.00 bits per heavy atom. The smallest absolute Gasteiger partial charge is 0.289 e. The number of para-hydroxylation sites is 1. The topological polar surface area (TPSA) is 87.9 Å². The zero-order valence-electron chi connectivity index (χ0n) is 16.2. The standard InChI is InChI=1S/C21H19BrN2O5S/c1-14(25)15-5-7-17(8-6-15)30(27,28)24-11-9-23(10-12-24)21(26)19-13-16-3-2-4-18(22)20(16)29-19/h2-8,13H,9-12H2,1H3. The van der Waals surface area contributed by atoms with Gasteiger partial charge in [-0.2, -0.15) is 4.31 Å². The number of amides is 1. The van der Waals surface area contributed by atoms with E-state index in [1.807, 2.05) is 18.2 Å². The number of benzene rings is 2. The number of sulfonamides is 1. The molecule has 0 N–H and O–H groups in total. The number of rotatable bonds is 4. The Labute approximate surface area is 182 Å². The summed E-state index contributed by atoms with van der Waals surface area (Å²) in [6, 6.07) is 13.2. The van der Waals surface area contributed by atoms with Crippen LogP contribution >= 0.6 is 15.9 Å². The Bertz CT molecular complexity index is 1230. The predicted molar refractivity (Wildman–Crippen MR) is 115 cm³/mol. The first kappa shape index (κ1) is 20.8. The van der Waals surface area contributed by atoms with Crippen LogP contribution in [0.3, 0.4) is 0 Å². The van der Waals surface area contributed by atoms with Gasteiger partial charge in [-0.25, -0.2) is 8.42 Å². The van der Waals surface area contributed by atoms with Crippen LogP contribution < -0.4 is 0 Å². The molecular weight excluding hydrogens is 472 g/mol. The van der Waals surface area contributed by atoms with E-state index in [-0.39, 0.29) is 48.5 Å². The minimum atomic E-state index is -3.69. The van der Waals surface area contributed by atoms with Crippen molar-refractivity contribution in [3.8, 4) is 0 Å². The zero-order chi connectivity index (χ0) is 21.5. The molecule has 30 heavy (non-hydrogen) atoms. The van der Waals surface area contributed by atoms with Gasteiger partial charge in [0.2, 0.25) is 10.0 Å². The van der Waals surface area contributed by atoms with Crippen LogP contribution in [0.1, 0.15) is 27.8 Å². The van der Waals surface area contributed by atoms with Gasteiger partial charge in [0.25, 0.3) is 5.91 Å². The normalized spacial score (nSPS) is 15.5. The number of Topliss-reactive ketones (excluding diaryl/α,β-unsaturated/α-hetero) is 1. The first-order valence-corrected chi connectivity index (χ1v) is 11.6. The number of furan rings is 1. The summed E-state index contributed by atoms with van der Waals surface area (Å²) in [6.45, 7) is 2.34. The Morgan fingerprint density at radius 2 is 1.67 bits per heavy atom. The molecule has 0 aliphatic carbocycles. The second kappa shape index (κ2) is 7.98. The van der Waals surface area contributed by atoms with E-state index in [9.17, 15) is 18.0 Å². The molecule has 4 rings (SSSR count). The maximum atomic E-state index is 12.9. The van der Waals surface area contributed by atoms with Gasteiger partial charge in [0, 0.05) is 37.1 Å². The molecule has 2 heterocycles. The number of hydrogen-bond acceptors (Lipinski definition) is 5.